The average Bonchev–Trinajstić information content (AvgIpc) is 3.03. The number of carbonyl (C=O) groups excluding carboxylic acids is 1. The van der Waals surface area contributed by atoms with E-state index in [1.54, 1.807) is 15.9 Å². The Balaban J connectivity index is 1.58. The Morgan fingerprint density at radius 3 is 2.61 bits per heavy atom. The highest BCUT2D eigenvalue weighted by Gasteiger charge is 2.29. The Morgan fingerprint density at radius 2 is 1.86 bits per heavy atom. The molecule has 0 saturated heterocycles. The molecule has 2 heterocycles. The number of anilines is 2. The van der Waals surface area contributed by atoms with Crippen LogP contribution in [-0.2, 0) is 27.7 Å². The van der Waals surface area contributed by atoms with Crippen molar-refractivity contribution in [1.82, 2.24) is 0 Å². The first-order valence-corrected chi connectivity index (χ1v) is 10.5. The fraction of sp³-hybridized carbons (Fsp3) is 0.316. The molecule has 4 rings (SSSR count). The van der Waals surface area contributed by atoms with Crippen LogP contribution < -0.4 is 14.9 Å². The van der Waals surface area contributed by atoms with Crippen molar-refractivity contribution in [3.05, 3.63) is 53.1 Å². The van der Waals surface area contributed by atoms with E-state index in [1.165, 1.54) is 18.2 Å². The summed E-state index contributed by atoms with van der Waals surface area (Å²) in [5.41, 5.74) is 2.21. The second kappa shape index (κ2) is 6.82. The number of rotatable bonds is 3. The van der Waals surface area contributed by atoms with E-state index in [-0.39, 0.29) is 23.0 Å². The summed E-state index contributed by atoms with van der Waals surface area (Å²) in [5, 5.41) is 5.16. The first-order valence-electron chi connectivity index (χ1n) is 8.93. The van der Waals surface area contributed by atoms with Crippen molar-refractivity contribution in [2.45, 2.75) is 24.2 Å². The van der Waals surface area contributed by atoms with Crippen molar-refractivity contribution in [1.29, 1.82) is 0 Å². The van der Waals surface area contributed by atoms with Gasteiger partial charge in [-0.3, -0.25) is 4.79 Å². The number of halogens is 2. The maximum absolute atomic E-state index is 14.3. The number of amides is 1. The monoisotopic (exact) mass is 407 g/mol. The standard InChI is InChI=1S/C19H19F2N3O3S/c20-14-8-13-2-1-6-23(19(13)16(21)10-14)11-18(25)24-7-5-12-9-15(28(22,26)27)3-4-17(12)24/h3-4,8-10H,1-2,5-7,11H2,(H2,22,26,27). The van der Waals surface area contributed by atoms with Gasteiger partial charge in [-0.2, -0.15) is 0 Å². The van der Waals surface area contributed by atoms with Crippen LogP contribution in [0.3, 0.4) is 0 Å². The number of nitrogens with two attached hydrogens (primary N) is 1. The van der Waals surface area contributed by atoms with Gasteiger partial charge >= 0.3 is 0 Å². The Labute approximate surface area is 161 Å². The Kier molecular flexibility index (Phi) is 4.59. The van der Waals surface area contributed by atoms with Crippen LogP contribution in [0.25, 0.3) is 0 Å². The van der Waals surface area contributed by atoms with Crippen LogP contribution in [0.4, 0.5) is 20.2 Å². The number of carbonyl (C=O) groups is 1. The molecule has 28 heavy (non-hydrogen) atoms. The van der Waals surface area contributed by atoms with E-state index in [9.17, 15) is 22.0 Å². The molecule has 0 aromatic heterocycles. The fourth-order valence-electron chi connectivity index (χ4n) is 3.96. The molecule has 0 spiro atoms. The van der Waals surface area contributed by atoms with Crippen LogP contribution in [0.5, 0.6) is 0 Å². The molecular formula is C19H19F2N3O3S. The smallest absolute Gasteiger partial charge is 0.246 e. The fourth-order valence-corrected chi connectivity index (χ4v) is 4.52. The molecule has 2 aromatic carbocycles. The van der Waals surface area contributed by atoms with E-state index in [1.807, 2.05) is 0 Å². The van der Waals surface area contributed by atoms with Gasteiger partial charge in [0.15, 0.2) is 0 Å². The minimum atomic E-state index is -3.81. The lowest BCUT2D eigenvalue weighted by atomic mass is 10.0. The summed E-state index contributed by atoms with van der Waals surface area (Å²) in [6, 6.07) is 6.58. The topological polar surface area (TPSA) is 83.7 Å². The number of nitrogens with zero attached hydrogens (tertiary/aromatic N) is 2. The third-order valence-electron chi connectivity index (χ3n) is 5.20. The summed E-state index contributed by atoms with van der Waals surface area (Å²) in [6.07, 6.45) is 1.79. The third-order valence-corrected chi connectivity index (χ3v) is 6.11. The second-order valence-corrected chi connectivity index (χ2v) is 8.61. The predicted molar refractivity (Wildman–Crippen MR) is 101 cm³/mol. The Morgan fingerprint density at radius 1 is 1.07 bits per heavy atom. The first kappa shape index (κ1) is 18.8. The van der Waals surface area contributed by atoms with Crippen LogP contribution >= 0.6 is 0 Å². The van der Waals surface area contributed by atoms with E-state index in [2.05, 4.69) is 0 Å². The zero-order valence-corrected chi connectivity index (χ0v) is 15.8. The van der Waals surface area contributed by atoms with Crippen LogP contribution in [0, 0.1) is 11.6 Å². The number of primary sulfonamides is 1. The number of hydrogen-bond donors (Lipinski definition) is 1. The van der Waals surface area contributed by atoms with Crippen LogP contribution in [0.2, 0.25) is 0 Å². The van der Waals surface area contributed by atoms with Crippen molar-refractivity contribution < 1.29 is 22.0 Å². The van der Waals surface area contributed by atoms with E-state index in [4.69, 9.17) is 5.14 Å². The Bertz CT molecular complexity index is 1070. The molecule has 0 saturated carbocycles. The molecule has 0 radical (unpaired) electrons. The molecule has 2 N–H and O–H groups in total. The lowest BCUT2D eigenvalue weighted by molar-refractivity contribution is -0.117. The van der Waals surface area contributed by atoms with Gasteiger partial charge < -0.3 is 9.80 Å². The quantitative estimate of drug-likeness (QED) is 0.843. The van der Waals surface area contributed by atoms with Crippen molar-refractivity contribution >= 4 is 27.3 Å². The predicted octanol–water partition coefficient (Wildman–Crippen LogP) is 1.95. The second-order valence-electron chi connectivity index (χ2n) is 7.05. The van der Waals surface area contributed by atoms with Crippen LogP contribution in [-0.4, -0.2) is 34.0 Å². The largest absolute Gasteiger partial charge is 0.360 e. The molecule has 0 fully saturated rings. The van der Waals surface area contributed by atoms with Gasteiger partial charge in [-0.05, 0) is 54.7 Å². The van der Waals surface area contributed by atoms with E-state index < -0.39 is 21.7 Å². The van der Waals surface area contributed by atoms with E-state index >= 15 is 0 Å². The van der Waals surface area contributed by atoms with Crippen molar-refractivity contribution in [3.63, 3.8) is 0 Å². The minimum Gasteiger partial charge on any atom is -0.360 e. The normalized spacial score (nSPS) is 16.1. The first-order chi connectivity index (χ1) is 13.2. The molecule has 0 unspecified atom stereocenters. The highest BCUT2D eigenvalue weighted by molar-refractivity contribution is 7.89. The van der Waals surface area contributed by atoms with Crippen LogP contribution in [0.15, 0.2) is 35.2 Å². The zero-order valence-electron chi connectivity index (χ0n) is 15.0. The number of benzene rings is 2. The SMILES string of the molecule is NS(=O)(=O)c1ccc2c(c1)CCN2C(=O)CN1CCCc2cc(F)cc(F)c21. The van der Waals surface area contributed by atoms with Gasteiger partial charge in [-0.15, -0.1) is 0 Å². The summed E-state index contributed by atoms with van der Waals surface area (Å²) < 4.78 is 50.8. The molecule has 2 aliphatic rings. The lowest BCUT2D eigenvalue weighted by Gasteiger charge is -2.32. The van der Waals surface area contributed by atoms with Gasteiger partial charge in [-0.25, -0.2) is 22.3 Å². The molecule has 0 aliphatic carbocycles. The molecular weight excluding hydrogens is 388 g/mol. The van der Waals surface area contributed by atoms with Crippen molar-refractivity contribution in [2.75, 3.05) is 29.4 Å². The molecule has 0 bridgehead atoms. The highest BCUT2D eigenvalue weighted by Crippen LogP contribution is 2.33. The number of sulfonamides is 1. The summed E-state index contributed by atoms with van der Waals surface area (Å²) in [4.78, 5) is 16.1. The van der Waals surface area contributed by atoms with Crippen molar-refractivity contribution in [2.24, 2.45) is 5.14 Å². The summed E-state index contributed by atoms with van der Waals surface area (Å²) in [5.74, 6) is -1.51. The van der Waals surface area contributed by atoms with Gasteiger partial charge in [0.2, 0.25) is 15.9 Å². The number of fused-ring (bicyclic) bond motifs is 2. The summed E-state index contributed by atoms with van der Waals surface area (Å²) in [6.45, 7) is 0.882. The number of aryl methyl sites for hydroxylation is 1. The average molecular weight is 407 g/mol. The number of hydrogen-bond acceptors (Lipinski definition) is 4. The highest BCUT2D eigenvalue weighted by atomic mass is 32.2. The maximum atomic E-state index is 14.3. The van der Waals surface area contributed by atoms with Gasteiger partial charge in [0.1, 0.15) is 11.6 Å². The molecule has 2 aromatic rings. The maximum Gasteiger partial charge on any atom is 0.246 e. The van der Waals surface area contributed by atoms with Crippen LogP contribution in [0.1, 0.15) is 17.5 Å². The lowest BCUT2D eigenvalue weighted by Crippen LogP contribution is -2.42. The molecule has 0 atom stereocenters. The zero-order chi connectivity index (χ0) is 20.1. The van der Waals surface area contributed by atoms with Gasteiger partial charge in [0.25, 0.3) is 0 Å². The molecule has 6 nitrogen and oxygen atoms in total. The third kappa shape index (κ3) is 3.35. The molecule has 2 aliphatic heterocycles. The minimum absolute atomic E-state index is 0.00889. The molecule has 1 amide bonds. The van der Waals surface area contributed by atoms with E-state index in [0.717, 1.165) is 11.6 Å². The summed E-state index contributed by atoms with van der Waals surface area (Å²) in [7, 11) is -3.81. The van der Waals surface area contributed by atoms with Gasteiger partial charge in [-0.1, -0.05) is 0 Å². The Hall–Kier alpha value is -2.52. The molecule has 148 valence electrons. The molecule has 9 heteroatoms. The van der Waals surface area contributed by atoms with Crippen molar-refractivity contribution in [3.8, 4) is 0 Å². The van der Waals surface area contributed by atoms with Gasteiger partial charge in [0, 0.05) is 24.8 Å². The van der Waals surface area contributed by atoms with Gasteiger partial charge in [0.05, 0.1) is 17.1 Å². The summed E-state index contributed by atoms with van der Waals surface area (Å²) >= 11 is 0. The van der Waals surface area contributed by atoms with E-state index in [0.29, 0.717) is 43.6 Å².